The van der Waals surface area contributed by atoms with E-state index in [9.17, 15) is 9.59 Å². The molecular weight excluding hydrogens is 266 g/mol. The molecule has 0 bridgehead atoms. The van der Waals surface area contributed by atoms with Crippen LogP contribution >= 0.6 is 0 Å². The van der Waals surface area contributed by atoms with Crippen LogP contribution in [0.1, 0.15) is 23.3 Å². The highest BCUT2D eigenvalue weighted by Gasteiger charge is 2.08. The lowest BCUT2D eigenvalue weighted by atomic mass is 10.2. The smallest absolute Gasteiger partial charge is 0.267 e. The third kappa shape index (κ3) is 4.16. The Hall–Kier alpha value is -2.14. The number of aromatic nitrogens is 1. The SMILES string of the molecule is CN(C)CCCCNC(=O)c1cc(=O)c2ccccc2[nH]1. The van der Waals surface area contributed by atoms with Crippen molar-refractivity contribution in [3.05, 3.63) is 46.2 Å². The molecular formula is C16H21N3O2. The number of nitrogens with zero attached hydrogens (tertiary/aromatic N) is 1. The van der Waals surface area contributed by atoms with Gasteiger partial charge in [0.15, 0.2) is 5.43 Å². The normalized spacial score (nSPS) is 11.0. The summed E-state index contributed by atoms with van der Waals surface area (Å²) in [6.45, 7) is 1.62. The minimum atomic E-state index is -0.234. The van der Waals surface area contributed by atoms with Gasteiger partial charge in [0.05, 0.1) is 0 Å². The molecule has 5 heteroatoms. The van der Waals surface area contributed by atoms with E-state index in [2.05, 4.69) is 15.2 Å². The van der Waals surface area contributed by atoms with Gasteiger partial charge in [-0.25, -0.2) is 0 Å². The molecule has 0 fully saturated rings. The van der Waals surface area contributed by atoms with E-state index in [1.807, 2.05) is 26.2 Å². The van der Waals surface area contributed by atoms with Gasteiger partial charge in [0.25, 0.3) is 5.91 Å². The number of unbranched alkanes of at least 4 members (excludes halogenated alkanes) is 1. The van der Waals surface area contributed by atoms with Gasteiger partial charge in [-0.05, 0) is 45.6 Å². The molecule has 2 aromatic rings. The Morgan fingerprint density at radius 3 is 2.76 bits per heavy atom. The van der Waals surface area contributed by atoms with Crippen molar-refractivity contribution in [1.82, 2.24) is 15.2 Å². The molecule has 2 N–H and O–H groups in total. The molecule has 1 aromatic heterocycles. The molecule has 5 nitrogen and oxygen atoms in total. The van der Waals surface area contributed by atoms with Crippen LogP contribution in [0.2, 0.25) is 0 Å². The second kappa shape index (κ2) is 7.04. The molecule has 1 amide bonds. The molecule has 21 heavy (non-hydrogen) atoms. The maximum Gasteiger partial charge on any atom is 0.267 e. The summed E-state index contributed by atoms with van der Waals surface area (Å²) in [6.07, 6.45) is 1.95. The average Bonchev–Trinajstić information content (AvgIpc) is 2.46. The maximum atomic E-state index is 12.0. The number of hydrogen-bond donors (Lipinski definition) is 2. The molecule has 0 radical (unpaired) electrons. The van der Waals surface area contributed by atoms with Gasteiger partial charge in [0.2, 0.25) is 0 Å². The van der Waals surface area contributed by atoms with E-state index in [4.69, 9.17) is 0 Å². The van der Waals surface area contributed by atoms with E-state index < -0.39 is 0 Å². The molecule has 1 aromatic carbocycles. The number of carbonyl (C=O) groups is 1. The molecule has 2 rings (SSSR count). The number of carbonyl (C=O) groups excluding carboxylic acids is 1. The van der Waals surface area contributed by atoms with Crippen LogP contribution in [0.25, 0.3) is 10.9 Å². The van der Waals surface area contributed by atoms with Gasteiger partial charge in [-0.3, -0.25) is 9.59 Å². The average molecular weight is 287 g/mol. The number of hydrogen-bond acceptors (Lipinski definition) is 3. The predicted molar refractivity (Wildman–Crippen MR) is 84.7 cm³/mol. The summed E-state index contributed by atoms with van der Waals surface area (Å²) in [6, 6.07) is 8.54. The summed E-state index contributed by atoms with van der Waals surface area (Å²) >= 11 is 0. The van der Waals surface area contributed by atoms with Crippen molar-refractivity contribution in [3.8, 4) is 0 Å². The third-order valence-electron chi connectivity index (χ3n) is 3.30. The fraction of sp³-hybridized carbons (Fsp3) is 0.375. The monoisotopic (exact) mass is 287 g/mol. The summed E-state index contributed by atoms with van der Waals surface area (Å²) in [5.41, 5.74) is 0.858. The van der Waals surface area contributed by atoms with Crippen molar-refractivity contribution in [2.24, 2.45) is 0 Å². The highest BCUT2D eigenvalue weighted by Crippen LogP contribution is 2.07. The van der Waals surface area contributed by atoms with Crippen molar-refractivity contribution in [3.63, 3.8) is 0 Å². The van der Waals surface area contributed by atoms with Gasteiger partial charge in [-0.15, -0.1) is 0 Å². The molecule has 0 aliphatic heterocycles. The Labute approximate surface area is 124 Å². The molecule has 0 saturated carbocycles. The zero-order chi connectivity index (χ0) is 15.2. The van der Waals surface area contributed by atoms with Crippen molar-refractivity contribution in [1.29, 1.82) is 0 Å². The van der Waals surface area contributed by atoms with E-state index in [1.54, 1.807) is 12.1 Å². The lowest BCUT2D eigenvalue weighted by molar-refractivity contribution is 0.0948. The van der Waals surface area contributed by atoms with Crippen LogP contribution in [0.3, 0.4) is 0 Å². The van der Waals surface area contributed by atoms with Gasteiger partial charge in [-0.2, -0.15) is 0 Å². The second-order valence-corrected chi connectivity index (χ2v) is 5.36. The molecule has 112 valence electrons. The van der Waals surface area contributed by atoms with Crippen LogP contribution < -0.4 is 10.7 Å². The number of aromatic amines is 1. The van der Waals surface area contributed by atoms with Gasteiger partial charge in [0, 0.05) is 23.5 Å². The predicted octanol–water partition coefficient (Wildman–Crippen LogP) is 1.60. The highest BCUT2D eigenvalue weighted by molar-refractivity contribution is 5.94. The van der Waals surface area contributed by atoms with Crippen molar-refractivity contribution < 1.29 is 4.79 Å². The maximum absolute atomic E-state index is 12.0. The van der Waals surface area contributed by atoms with Crippen LogP contribution in [0.5, 0.6) is 0 Å². The number of fused-ring (bicyclic) bond motifs is 1. The standard InChI is InChI=1S/C16H21N3O2/c1-19(2)10-6-5-9-17-16(21)14-11-15(20)12-7-3-4-8-13(12)18-14/h3-4,7-8,11H,5-6,9-10H2,1-2H3,(H,17,21)(H,18,20). The van der Waals surface area contributed by atoms with Gasteiger partial charge in [0.1, 0.15) is 5.69 Å². The van der Waals surface area contributed by atoms with Gasteiger partial charge >= 0.3 is 0 Å². The van der Waals surface area contributed by atoms with Crippen molar-refractivity contribution in [2.75, 3.05) is 27.2 Å². The zero-order valence-electron chi connectivity index (χ0n) is 12.5. The van der Waals surface area contributed by atoms with Crippen molar-refractivity contribution >= 4 is 16.8 Å². The van der Waals surface area contributed by atoms with E-state index in [0.717, 1.165) is 19.4 Å². The minimum Gasteiger partial charge on any atom is -0.351 e. The number of para-hydroxylation sites is 1. The largest absolute Gasteiger partial charge is 0.351 e. The fourth-order valence-corrected chi connectivity index (χ4v) is 2.17. The first-order chi connectivity index (χ1) is 10.1. The fourth-order valence-electron chi connectivity index (χ4n) is 2.17. The summed E-state index contributed by atoms with van der Waals surface area (Å²) in [7, 11) is 4.05. The van der Waals surface area contributed by atoms with E-state index in [-0.39, 0.29) is 11.3 Å². The number of amides is 1. The Kier molecular flexibility index (Phi) is 5.11. The number of benzene rings is 1. The molecule has 0 saturated heterocycles. The third-order valence-corrected chi connectivity index (χ3v) is 3.30. The number of nitrogens with one attached hydrogen (secondary N) is 2. The van der Waals surface area contributed by atoms with Crippen LogP contribution in [0.15, 0.2) is 35.1 Å². The summed E-state index contributed by atoms with van der Waals surface area (Å²) in [5.74, 6) is -0.234. The molecule has 0 unspecified atom stereocenters. The summed E-state index contributed by atoms with van der Waals surface area (Å²) in [4.78, 5) is 29.1. The number of H-pyrrole nitrogens is 1. The lowest BCUT2D eigenvalue weighted by Crippen LogP contribution is -2.27. The van der Waals surface area contributed by atoms with E-state index >= 15 is 0 Å². The molecule has 0 spiro atoms. The first-order valence-electron chi connectivity index (χ1n) is 7.13. The Morgan fingerprint density at radius 2 is 2.00 bits per heavy atom. The van der Waals surface area contributed by atoms with Gasteiger partial charge in [-0.1, -0.05) is 12.1 Å². The second-order valence-electron chi connectivity index (χ2n) is 5.36. The van der Waals surface area contributed by atoms with Crippen LogP contribution in [-0.2, 0) is 0 Å². The van der Waals surface area contributed by atoms with Crippen LogP contribution in [0, 0.1) is 0 Å². The quantitative estimate of drug-likeness (QED) is 0.793. The lowest BCUT2D eigenvalue weighted by Gasteiger charge is -2.09. The molecule has 1 heterocycles. The van der Waals surface area contributed by atoms with Gasteiger partial charge < -0.3 is 15.2 Å². The van der Waals surface area contributed by atoms with Crippen molar-refractivity contribution in [2.45, 2.75) is 12.8 Å². The molecule has 0 aliphatic carbocycles. The van der Waals surface area contributed by atoms with Crippen LogP contribution in [0.4, 0.5) is 0 Å². The highest BCUT2D eigenvalue weighted by atomic mass is 16.2. The Morgan fingerprint density at radius 1 is 1.24 bits per heavy atom. The van der Waals surface area contributed by atoms with E-state index in [0.29, 0.717) is 23.1 Å². The summed E-state index contributed by atoms with van der Waals surface area (Å²) < 4.78 is 0. The zero-order valence-corrected chi connectivity index (χ0v) is 12.5. The Balaban J connectivity index is 1.98. The number of pyridine rings is 1. The molecule has 0 aliphatic rings. The Bertz CT molecular complexity index is 677. The number of rotatable bonds is 6. The molecule has 0 atom stereocenters. The minimum absolute atomic E-state index is 0.137. The van der Waals surface area contributed by atoms with E-state index in [1.165, 1.54) is 6.07 Å². The first-order valence-corrected chi connectivity index (χ1v) is 7.13. The van der Waals surface area contributed by atoms with Crippen LogP contribution in [-0.4, -0.2) is 43.0 Å². The topological polar surface area (TPSA) is 65.2 Å². The summed E-state index contributed by atoms with van der Waals surface area (Å²) in [5, 5.41) is 3.43. The first kappa shape index (κ1) is 15.3.